The second kappa shape index (κ2) is 5.59. The molecule has 0 aliphatic heterocycles. The Morgan fingerprint density at radius 1 is 1.24 bits per heavy atom. The number of aromatic hydroxyl groups is 1. The van der Waals surface area contributed by atoms with Gasteiger partial charge in [-0.05, 0) is 42.0 Å². The van der Waals surface area contributed by atoms with Crippen LogP contribution >= 0.6 is 11.8 Å². The molecule has 0 amide bonds. The fourth-order valence-corrected chi connectivity index (χ4v) is 2.25. The van der Waals surface area contributed by atoms with E-state index in [1.54, 1.807) is 30.1 Å². The zero-order chi connectivity index (χ0) is 12.1. The van der Waals surface area contributed by atoms with Gasteiger partial charge in [0.2, 0.25) is 0 Å². The maximum absolute atomic E-state index is 9.18. The Bertz CT molecular complexity index is 485. The van der Waals surface area contributed by atoms with Crippen LogP contribution in [0.5, 0.6) is 5.75 Å². The van der Waals surface area contributed by atoms with Crippen LogP contribution in [0.3, 0.4) is 0 Å². The van der Waals surface area contributed by atoms with Gasteiger partial charge in [0.25, 0.3) is 0 Å². The first-order valence-corrected chi connectivity index (χ1v) is 6.31. The first kappa shape index (κ1) is 11.8. The van der Waals surface area contributed by atoms with Crippen LogP contribution < -0.4 is 5.32 Å². The highest BCUT2D eigenvalue weighted by Gasteiger charge is 1.98. The summed E-state index contributed by atoms with van der Waals surface area (Å²) in [5.41, 5.74) is 1.22. The lowest BCUT2D eigenvalue weighted by Gasteiger charge is -2.04. The quantitative estimate of drug-likeness (QED) is 0.814. The van der Waals surface area contributed by atoms with Crippen LogP contribution in [0.4, 0.5) is 5.82 Å². The molecule has 1 heterocycles. The number of anilines is 1. The van der Waals surface area contributed by atoms with Gasteiger partial charge < -0.3 is 10.4 Å². The summed E-state index contributed by atoms with van der Waals surface area (Å²) in [6.45, 7) is 0. The van der Waals surface area contributed by atoms with E-state index >= 15 is 0 Å². The molecule has 0 fully saturated rings. The molecule has 0 radical (unpaired) electrons. The lowest BCUT2D eigenvalue weighted by Crippen LogP contribution is -1.92. The summed E-state index contributed by atoms with van der Waals surface area (Å²) in [6.07, 6.45) is 1.80. The van der Waals surface area contributed by atoms with Crippen LogP contribution in [0, 0.1) is 0 Å². The number of aromatic nitrogens is 1. The maximum atomic E-state index is 9.18. The first-order valence-electron chi connectivity index (χ1n) is 5.32. The molecule has 1 aromatic carbocycles. The van der Waals surface area contributed by atoms with Gasteiger partial charge in [0.05, 0.1) is 0 Å². The number of benzene rings is 1. The zero-order valence-electron chi connectivity index (χ0n) is 9.55. The van der Waals surface area contributed by atoms with Crippen molar-refractivity contribution in [2.75, 3.05) is 12.4 Å². The molecule has 3 nitrogen and oxygen atoms in total. The average molecular weight is 246 g/mol. The summed E-state index contributed by atoms with van der Waals surface area (Å²) in [4.78, 5) is 5.32. The van der Waals surface area contributed by atoms with Crippen LogP contribution in [-0.4, -0.2) is 17.1 Å². The molecule has 0 spiro atoms. The van der Waals surface area contributed by atoms with Crippen LogP contribution in [0.2, 0.25) is 0 Å². The number of phenols is 1. The predicted octanol–water partition coefficient (Wildman–Crippen LogP) is 3.12. The van der Waals surface area contributed by atoms with Gasteiger partial charge in [-0.15, -0.1) is 11.8 Å². The Balaban J connectivity index is 1.99. The Kier molecular flexibility index (Phi) is 3.88. The lowest BCUT2D eigenvalue weighted by atomic mass is 10.3. The topological polar surface area (TPSA) is 45.1 Å². The third-order valence-corrected chi connectivity index (χ3v) is 3.41. The molecule has 0 saturated carbocycles. The molecule has 2 rings (SSSR count). The second-order valence-corrected chi connectivity index (χ2v) is 4.63. The van der Waals surface area contributed by atoms with Crippen LogP contribution in [0.1, 0.15) is 5.56 Å². The van der Waals surface area contributed by atoms with Crippen molar-refractivity contribution in [2.45, 2.75) is 10.6 Å². The largest absolute Gasteiger partial charge is 0.508 e. The summed E-state index contributed by atoms with van der Waals surface area (Å²) in [7, 11) is 1.86. The Hall–Kier alpha value is -1.68. The SMILES string of the molecule is CNc1cc(CSc2ccc(O)cc2)ccn1. The predicted molar refractivity (Wildman–Crippen MR) is 71.5 cm³/mol. The van der Waals surface area contributed by atoms with E-state index in [-0.39, 0.29) is 0 Å². The van der Waals surface area contributed by atoms with E-state index in [1.165, 1.54) is 5.56 Å². The molecule has 4 heteroatoms. The molecular formula is C13H14N2OS. The average Bonchev–Trinajstić information content (AvgIpc) is 2.38. The van der Waals surface area contributed by atoms with E-state index in [4.69, 9.17) is 0 Å². The molecular weight excluding hydrogens is 232 g/mol. The molecule has 0 unspecified atom stereocenters. The highest BCUT2D eigenvalue weighted by molar-refractivity contribution is 7.98. The third kappa shape index (κ3) is 3.39. The third-order valence-electron chi connectivity index (χ3n) is 2.32. The van der Waals surface area contributed by atoms with Crippen molar-refractivity contribution in [1.82, 2.24) is 4.98 Å². The van der Waals surface area contributed by atoms with Crippen molar-refractivity contribution in [3.63, 3.8) is 0 Å². The van der Waals surface area contributed by atoms with Crippen LogP contribution in [0.15, 0.2) is 47.5 Å². The summed E-state index contributed by atoms with van der Waals surface area (Å²) >= 11 is 1.73. The van der Waals surface area contributed by atoms with Crippen LogP contribution in [0.25, 0.3) is 0 Å². The van der Waals surface area contributed by atoms with Crippen molar-refractivity contribution in [2.24, 2.45) is 0 Å². The highest BCUT2D eigenvalue weighted by atomic mass is 32.2. The number of thioether (sulfide) groups is 1. The summed E-state index contributed by atoms with van der Waals surface area (Å²) < 4.78 is 0. The maximum Gasteiger partial charge on any atom is 0.125 e. The Labute approximate surface area is 105 Å². The fourth-order valence-electron chi connectivity index (χ4n) is 1.41. The van der Waals surface area contributed by atoms with Gasteiger partial charge in [-0.1, -0.05) is 0 Å². The lowest BCUT2D eigenvalue weighted by molar-refractivity contribution is 0.475. The van der Waals surface area contributed by atoms with Gasteiger partial charge >= 0.3 is 0 Å². The number of pyridine rings is 1. The van der Waals surface area contributed by atoms with Crippen LogP contribution in [-0.2, 0) is 5.75 Å². The first-order chi connectivity index (χ1) is 8.28. The molecule has 0 atom stereocenters. The normalized spacial score (nSPS) is 10.2. The van der Waals surface area contributed by atoms with E-state index in [0.717, 1.165) is 16.5 Å². The molecule has 88 valence electrons. The van der Waals surface area contributed by atoms with E-state index in [9.17, 15) is 5.11 Å². The molecule has 2 aromatic rings. The number of rotatable bonds is 4. The smallest absolute Gasteiger partial charge is 0.125 e. The van der Waals surface area contributed by atoms with Crippen molar-refractivity contribution in [3.8, 4) is 5.75 Å². The van der Waals surface area contributed by atoms with Gasteiger partial charge in [-0.2, -0.15) is 0 Å². The number of nitrogens with zero attached hydrogens (tertiary/aromatic N) is 1. The van der Waals surface area contributed by atoms with E-state index in [0.29, 0.717) is 5.75 Å². The van der Waals surface area contributed by atoms with Gasteiger partial charge in [0.1, 0.15) is 11.6 Å². The Morgan fingerprint density at radius 2 is 2.00 bits per heavy atom. The Morgan fingerprint density at radius 3 is 2.71 bits per heavy atom. The molecule has 0 aliphatic rings. The summed E-state index contributed by atoms with van der Waals surface area (Å²) in [6, 6.07) is 11.3. The summed E-state index contributed by atoms with van der Waals surface area (Å²) in [5, 5.41) is 12.2. The zero-order valence-corrected chi connectivity index (χ0v) is 10.4. The van der Waals surface area contributed by atoms with Gasteiger partial charge in [0.15, 0.2) is 0 Å². The second-order valence-electron chi connectivity index (χ2n) is 3.58. The minimum Gasteiger partial charge on any atom is -0.508 e. The minimum atomic E-state index is 0.302. The number of nitrogens with one attached hydrogen (secondary N) is 1. The molecule has 0 saturated heterocycles. The number of hydrogen-bond donors (Lipinski definition) is 2. The van der Waals surface area contributed by atoms with Gasteiger partial charge in [-0.3, -0.25) is 0 Å². The van der Waals surface area contributed by atoms with Crippen molar-refractivity contribution in [1.29, 1.82) is 0 Å². The number of hydrogen-bond acceptors (Lipinski definition) is 4. The highest BCUT2D eigenvalue weighted by Crippen LogP contribution is 2.24. The number of phenolic OH excluding ortho intramolecular Hbond substituents is 1. The summed E-state index contributed by atoms with van der Waals surface area (Å²) in [5.74, 6) is 2.08. The molecule has 17 heavy (non-hydrogen) atoms. The monoisotopic (exact) mass is 246 g/mol. The van der Waals surface area contributed by atoms with E-state index in [2.05, 4.69) is 10.3 Å². The molecule has 0 bridgehead atoms. The van der Waals surface area contributed by atoms with E-state index < -0.39 is 0 Å². The standard InChI is InChI=1S/C13H14N2OS/c1-14-13-8-10(6-7-15-13)9-17-12-4-2-11(16)3-5-12/h2-8,16H,9H2,1H3,(H,14,15). The van der Waals surface area contributed by atoms with E-state index in [1.807, 2.05) is 31.3 Å². The van der Waals surface area contributed by atoms with Crippen molar-refractivity contribution < 1.29 is 5.11 Å². The fraction of sp³-hybridized carbons (Fsp3) is 0.154. The van der Waals surface area contributed by atoms with Gasteiger partial charge in [-0.25, -0.2) is 4.98 Å². The van der Waals surface area contributed by atoms with Crippen molar-refractivity contribution >= 4 is 17.6 Å². The molecule has 1 aromatic heterocycles. The van der Waals surface area contributed by atoms with Gasteiger partial charge in [0, 0.05) is 23.9 Å². The minimum absolute atomic E-state index is 0.302. The van der Waals surface area contributed by atoms with Crippen molar-refractivity contribution in [3.05, 3.63) is 48.2 Å². The molecule has 2 N–H and O–H groups in total. The molecule has 0 aliphatic carbocycles.